The molecule has 1 aromatic rings. The van der Waals surface area contributed by atoms with Gasteiger partial charge in [-0.05, 0) is 26.0 Å². The molecule has 0 aromatic heterocycles. The van der Waals surface area contributed by atoms with E-state index in [0.717, 1.165) is 5.56 Å². The van der Waals surface area contributed by atoms with E-state index in [1.807, 2.05) is 13.8 Å². The lowest BCUT2D eigenvalue weighted by atomic mass is 10.0. The lowest BCUT2D eigenvalue weighted by molar-refractivity contribution is 0.00613. The molecule has 104 valence electrons. The second-order valence-corrected chi connectivity index (χ2v) is 6.87. The van der Waals surface area contributed by atoms with Crippen LogP contribution in [0.1, 0.15) is 12.5 Å². The molecule has 0 amide bonds. The summed E-state index contributed by atoms with van der Waals surface area (Å²) in [6, 6.07) is 6.89. The number of ether oxygens (including phenoxy) is 1. The molecule has 1 unspecified atom stereocenters. The van der Waals surface area contributed by atoms with Crippen LogP contribution in [0, 0.1) is 6.92 Å². The summed E-state index contributed by atoms with van der Waals surface area (Å²) >= 11 is 0. The van der Waals surface area contributed by atoms with Gasteiger partial charge >= 0.3 is 0 Å². The first-order chi connectivity index (χ1) is 8.90. The van der Waals surface area contributed by atoms with Crippen LogP contribution in [0.4, 0.5) is 0 Å². The number of aryl methyl sites for hydroxylation is 1. The summed E-state index contributed by atoms with van der Waals surface area (Å²) in [5.74, 6) is 0. The Hall–Kier alpha value is -1.17. The first kappa shape index (κ1) is 14.2. The molecule has 2 rings (SSSR count). The number of benzene rings is 1. The monoisotopic (exact) mass is 281 g/mol. The van der Waals surface area contributed by atoms with Crippen LogP contribution < -0.4 is 0 Å². The highest BCUT2D eigenvalue weighted by Gasteiger charge is 2.41. The molecule has 1 aliphatic heterocycles. The summed E-state index contributed by atoms with van der Waals surface area (Å²) in [5, 5.41) is 0. The Bertz CT molecular complexity index is 565. The second-order valence-electron chi connectivity index (χ2n) is 5.00. The van der Waals surface area contributed by atoms with E-state index in [-0.39, 0.29) is 0 Å². The molecule has 4 nitrogen and oxygen atoms in total. The van der Waals surface area contributed by atoms with Crippen LogP contribution in [0.15, 0.2) is 41.8 Å². The molecule has 1 atom stereocenters. The van der Waals surface area contributed by atoms with Gasteiger partial charge in [-0.1, -0.05) is 23.8 Å². The van der Waals surface area contributed by atoms with Crippen molar-refractivity contribution >= 4 is 10.0 Å². The fourth-order valence-corrected chi connectivity index (χ4v) is 3.87. The summed E-state index contributed by atoms with van der Waals surface area (Å²) < 4.78 is 32.2. The van der Waals surface area contributed by atoms with E-state index in [1.165, 1.54) is 4.31 Å². The van der Waals surface area contributed by atoms with Gasteiger partial charge in [0, 0.05) is 6.54 Å². The molecule has 0 saturated carbocycles. The number of morpholine rings is 1. The largest absolute Gasteiger partial charge is 0.378 e. The zero-order valence-corrected chi connectivity index (χ0v) is 12.1. The minimum Gasteiger partial charge on any atom is -0.378 e. The van der Waals surface area contributed by atoms with Gasteiger partial charge in [-0.25, -0.2) is 8.42 Å². The second kappa shape index (κ2) is 5.07. The highest BCUT2D eigenvalue weighted by molar-refractivity contribution is 7.89. The standard InChI is InChI=1S/C14H19NO3S/c1-4-14(3)11-18-10-9-15(14)19(16,17)13-7-5-12(2)6-8-13/h4-8H,1,9-11H2,2-3H3. The SMILES string of the molecule is C=CC1(C)COCCN1S(=O)(=O)c1ccc(C)cc1. The highest BCUT2D eigenvalue weighted by atomic mass is 32.2. The predicted molar refractivity (Wildman–Crippen MR) is 74.5 cm³/mol. The van der Waals surface area contributed by atoms with Crippen molar-refractivity contribution in [3.63, 3.8) is 0 Å². The van der Waals surface area contributed by atoms with Crippen molar-refractivity contribution in [2.24, 2.45) is 0 Å². The minimum atomic E-state index is -3.52. The topological polar surface area (TPSA) is 46.6 Å². The molecule has 5 heteroatoms. The molecule has 0 bridgehead atoms. The van der Waals surface area contributed by atoms with Gasteiger partial charge in [-0.15, -0.1) is 6.58 Å². The maximum Gasteiger partial charge on any atom is 0.244 e. The summed E-state index contributed by atoms with van der Waals surface area (Å²) in [5.41, 5.74) is 0.342. The van der Waals surface area contributed by atoms with Gasteiger partial charge in [-0.2, -0.15) is 4.31 Å². The van der Waals surface area contributed by atoms with Gasteiger partial charge < -0.3 is 4.74 Å². The Morgan fingerprint density at radius 3 is 2.58 bits per heavy atom. The normalized spacial score (nSPS) is 25.2. The highest BCUT2D eigenvalue weighted by Crippen LogP contribution is 2.28. The molecule has 0 spiro atoms. The van der Waals surface area contributed by atoms with Crippen molar-refractivity contribution in [1.82, 2.24) is 4.31 Å². The van der Waals surface area contributed by atoms with E-state index in [9.17, 15) is 8.42 Å². The van der Waals surface area contributed by atoms with Crippen molar-refractivity contribution in [1.29, 1.82) is 0 Å². The molecular formula is C14H19NO3S. The first-order valence-corrected chi connectivity index (χ1v) is 7.65. The van der Waals surface area contributed by atoms with Crippen molar-refractivity contribution in [3.05, 3.63) is 42.5 Å². The lowest BCUT2D eigenvalue weighted by Gasteiger charge is -2.41. The van der Waals surface area contributed by atoms with Gasteiger partial charge in [0.05, 0.1) is 23.6 Å². The van der Waals surface area contributed by atoms with E-state index >= 15 is 0 Å². The number of rotatable bonds is 3. The van der Waals surface area contributed by atoms with Crippen LogP contribution in [-0.4, -0.2) is 38.0 Å². The van der Waals surface area contributed by atoms with E-state index in [4.69, 9.17) is 4.74 Å². The fourth-order valence-electron chi connectivity index (χ4n) is 2.15. The Morgan fingerprint density at radius 1 is 1.37 bits per heavy atom. The average Bonchev–Trinajstić information content (AvgIpc) is 2.39. The zero-order valence-electron chi connectivity index (χ0n) is 11.3. The quantitative estimate of drug-likeness (QED) is 0.796. The van der Waals surface area contributed by atoms with E-state index in [2.05, 4.69) is 6.58 Å². The van der Waals surface area contributed by atoms with E-state index < -0.39 is 15.6 Å². The third-order valence-corrected chi connectivity index (χ3v) is 5.50. The Balaban J connectivity index is 2.43. The Morgan fingerprint density at radius 2 is 2.00 bits per heavy atom. The fraction of sp³-hybridized carbons (Fsp3) is 0.429. The molecule has 1 aromatic carbocycles. The predicted octanol–water partition coefficient (Wildman–Crippen LogP) is 1.96. The maximum absolute atomic E-state index is 12.7. The molecule has 1 aliphatic rings. The molecule has 1 fully saturated rings. The van der Waals surface area contributed by atoms with Crippen LogP contribution in [-0.2, 0) is 14.8 Å². The first-order valence-electron chi connectivity index (χ1n) is 6.21. The lowest BCUT2D eigenvalue weighted by Crippen LogP contribution is -2.55. The number of nitrogens with zero attached hydrogens (tertiary/aromatic N) is 1. The van der Waals surface area contributed by atoms with Gasteiger partial charge in [0.2, 0.25) is 10.0 Å². The third kappa shape index (κ3) is 2.59. The van der Waals surface area contributed by atoms with Crippen molar-refractivity contribution in [3.8, 4) is 0 Å². The van der Waals surface area contributed by atoms with Crippen LogP contribution in [0.3, 0.4) is 0 Å². The van der Waals surface area contributed by atoms with Crippen LogP contribution >= 0.6 is 0 Å². The molecule has 1 saturated heterocycles. The minimum absolute atomic E-state index is 0.313. The summed E-state index contributed by atoms with van der Waals surface area (Å²) in [6.45, 7) is 8.59. The zero-order chi connectivity index (χ0) is 14.1. The van der Waals surface area contributed by atoms with Crippen molar-refractivity contribution in [2.75, 3.05) is 19.8 Å². The molecule has 1 heterocycles. The van der Waals surface area contributed by atoms with Crippen LogP contribution in [0.25, 0.3) is 0 Å². The van der Waals surface area contributed by atoms with Gasteiger partial charge in [0.25, 0.3) is 0 Å². The molecule has 0 N–H and O–H groups in total. The molecule has 0 radical (unpaired) electrons. The maximum atomic E-state index is 12.7. The summed E-state index contributed by atoms with van der Waals surface area (Å²) in [4.78, 5) is 0.313. The Kier molecular flexibility index (Phi) is 3.80. The van der Waals surface area contributed by atoms with Crippen LogP contribution in [0.2, 0.25) is 0 Å². The molecular weight excluding hydrogens is 262 g/mol. The van der Waals surface area contributed by atoms with Gasteiger partial charge in [0.15, 0.2) is 0 Å². The van der Waals surface area contributed by atoms with Crippen molar-refractivity contribution in [2.45, 2.75) is 24.3 Å². The average molecular weight is 281 g/mol. The van der Waals surface area contributed by atoms with Gasteiger partial charge in [-0.3, -0.25) is 0 Å². The van der Waals surface area contributed by atoms with E-state index in [0.29, 0.717) is 24.7 Å². The number of hydrogen-bond acceptors (Lipinski definition) is 3. The molecule has 0 aliphatic carbocycles. The van der Waals surface area contributed by atoms with Gasteiger partial charge in [0.1, 0.15) is 0 Å². The summed E-state index contributed by atoms with van der Waals surface area (Å²) in [6.07, 6.45) is 1.64. The smallest absolute Gasteiger partial charge is 0.244 e. The third-order valence-electron chi connectivity index (χ3n) is 3.45. The Labute approximate surface area is 114 Å². The number of sulfonamides is 1. The number of hydrogen-bond donors (Lipinski definition) is 0. The molecule has 19 heavy (non-hydrogen) atoms. The van der Waals surface area contributed by atoms with Crippen LogP contribution in [0.5, 0.6) is 0 Å². The van der Waals surface area contributed by atoms with Crippen molar-refractivity contribution < 1.29 is 13.2 Å². The summed E-state index contributed by atoms with van der Waals surface area (Å²) in [7, 11) is -3.52. The van der Waals surface area contributed by atoms with E-state index in [1.54, 1.807) is 30.3 Å².